The molecule has 0 aliphatic heterocycles. The van der Waals surface area contributed by atoms with Gasteiger partial charge < -0.3 is 5.11 Å². The van der Waals surface area contributed by atoms with Crippen molar-refractivity contribution in [2.75, 3.05) is 0 Å². The molecule has 1 aliphatic carbocycles. The highest BCUT2D eigenvalue weighted by molar-refractivity contribution is 5.81. The summed E-state index contributed by atoms with van der Waals surface area (Å²) in [5.41, 5.74) is 2.53. The fourth-order valence-electron chi connectivity index (χ4n) is 2.54. The minimum Gasteiger partial charge on any atom is -0.387 e. The topological polar surface area (TPSA) is 92.5 Å². The summed E-state index contributed by atoms with van der Waals surface area (Å²) in [4.78, 5) is 8.71. The molecular weight excluding hydrogens is 244 g/mol. The maximum Gasteiger partial charge on any atom is 0.168 e. The van der Waals surface area contributed by atoms with Crippen molar-refractivity contribution in [2.24, 2.45) is 0 Å². The van der Waals surface area contributed by atoms with Gasteiger partial charge in [-0.25, -0.2) is 14.6 Å². The first-order valence-electron chi connectivity index (χ1n) is 6.17. The van der Waals surface area contributed by atoms with Crippen LogP contribution >= 0.6 is 0 Å². The van der Waals surface area contributed by atoms with Crippen LogP contribution in [-0.4, -0.2) is 35.1 Å². The van der Waals surface area contributed by atoms with Crippen molar-refractivity contribution in [3.8, 4) is 5.82 Å². The summed E-state index contributed by atoms with van der Waals surface area (Å²) in [6.07, 6.45) is 4.77. The highest BCUT2D eigenvalue weighted by Crippen LogP contribution is 2.30. The van der Waals surface area contributed by atoms with Gasteiger partial charge in [0.2, 0.25) is 0 Å². The third kappa shape index (κ3) is 1.48. The average Bonchev–Trinajstić information content (AvgIpc) is 3.05. The Hall–Kier alpha value is -2.28. The van der Waals surface area contributed by atoms with Gasteiger partial charge in [-0.2, -0.15) is 10.2 Å². The highest BCUT2D eigenvalue weighted by atomic mass is 16.3. The summed E-state index contributed by atoms with van der Waals surface area (Å²) in [5, 5.41) is 21.9. The molecule has 3 aromatic heterocycles. The zero-order valence-electron chi connectivity index (χ0n) is 10.3. The number of rotatable bonds is 1. The van der Waals surface area contributed by atoms with Crippen molar-refractivity contribution in [3.63, 3.8) is 0 Å². The van der Waals surface area contributed by atoms with E-state index in [4.69, 9.17) is 0 Å². The maximum absolute atomic E-state index is 9.84. The predicted molar refractivity (Wildman–Crippen MR) is 66.8 cm³/mol. The van der Waals surface area contributed by atoms with Gasteiger partial charge in [0.05, 0.1) is 23.4 Å². The second-order valence-corrected chi connectivity index (χ2v) is 4.77. The van der Waals surface area contributed by atoms with E-state index in [2.05, 4.69) is 25.3 Å². The number of hydrogen-bond donors (Lipinski definition) is 2. The van der Waals surface area contributed by atoms with E-state index < -0.39 is 6.10 Å². The van der Waals surface area contributed by atoms with Gasteiger partial charge in [-0.3, -0.25) is 5.10 Å². The number of aryl methyl sites for hydroxylation is 2. The molecule has 1 aliphatic rings. The zero-order chi connectivity index (χ0) is 13.0. The first kappa shape index (κ1) is 10.6. The third-order valence-corrected chi connectivity index (χ3v) is 3.44. The van der Waals surface area contributed by atoms with Crippen LogP contribution in [0.2, 0.25) is 0 Å². The van der Waals surface area contributed by atoms with Crippen molar-refractivity contribution in [3.05, 3.63) is 29.5 Å². The van der Waals surface area contributed by atoms with Gasteiger partial charge in [-0.1, -0.05) is 0 Å². The summed E-state index contributed by atoms with van der Waals surface area (Å²) in [6.45, 7) is 1.83. The molecule has 1 unspecified atom stereocenters. The largest absolute Gasteiger partial charge is 0.387 e. The smallest absolute Gasteiger partial charge is 0.168 e. The minimum absolute atomic E-state index is 0.459. The van der Waals surface area contributed by atoms with Crippen LogP contribution in [0.1, 0.15) is 29.6 Å². The number of H-pyrrole nitrogens is 1. The summed E-state index contributed by atoms with van der Waals surface area (Å²) in [6, 6.07) is 0. The van der Waals surface area contributed by atoms with E-state index in [0.717, 1.165) is 29.5 Å². The van der Waals surface area contributed by atoms with Crippen molar-refractivity contribution in [1.29, 1.82) is 0 Å². The van der Waals surface area contributed by atoms with Gasteiger partial charge in [0.15, 0.2) is 11.5 Å². The van der Waals surface area contributed by atoms with Crippen molar-refractivity contribution < 1.29 is 5.11 Å². The Labute approximate surface area is 108 Å². The third-order valence-electron chi connectivity index (χ3n) is 3.44. The maximum atomic E-state index is 9.84. The summed E-state index contributed by atoms with van der Waals surface area (Å²) in [5.74, 6) is 1.35. The zero-order valence-corrected chi connectivity index (χ0v) is 10.3. The van der Waals surface area contributed by atoms with Crippen LogP contribution in [0.5, 0.6) is 0 Å². The number of aromatic nitrogens is 6. The van der Waals surface area contributed by atoms with E-state index in [1.807, 2.05) is 13.1 Å². The second kappa shape index (κ2) is 3.61. The molecule has 7 nitrogen and oxygen atoms in total. The van der Waals surface area contributed by atoms with E-state index in [1.165, 1.54) is 0 Å². The van der Waals surface area contributed by atoms with Crippen LogP contribution in [0.25, 0.3) is 16.9 Å². The van der Waals surface area contributed by atoms with Crippen molar-refractivity contribution in [2.45, 2.75) is 25.9 Å². The number of fused-ring (bicyclic) bond motifs is 2. The molecule has 0 bridgehead atoms. The quantitative estimate of drug-likeness (QED) is 0.672. The summed E-state index contributed by atoms with van der Waals surface area (Å²) >= 11 is 0. The minimum atomic E-state index is -0.459. The summed E-state index contributed by atoms with van der Waals surface area (Å²) < 4.78 is 1.71. The van der Waals surface area contributed by atoms with Gasteiger partial charge in [0.1, 0.15) is 5.82 Å². The van der Waals surface area contributed by atoms with Crippen molar-refractivity contribution in [1.82, 2.24) is 29.9 Å². The first-order valence-corrected chi connectivity index (χ1v) is 6.17. The van der Waals surface area contributed by atoms with E-state index in [-0.39, 0.29) is 0 Å². The Morgan fingerprint density at radius 3 is 3.16 bits per heavy atom. The molecule has 0 aromatic carbocycles. The monoisotopic (exact) mass is 256 g/mol. The van der Waals surface area contributed by atoms with Crippen molar-refractivity contribution >= 4 is 11.0 Å². The van der Waals surface area contributed by atoms with E-state index in [0.29, 0.717) is 17.3 Å². The Morgan fingerprint density at radius 2 is 2.32 bits per heavy atom. The van der Waals surface area contributed by atoms with E-state index >= 15 is 0 Å². The number of nitrogens with one attached hydrogen (secondary N) is 1. The Kier molecular flexibility index (Phi) is 2.02. The van der Waals surface area contributed by atoms with Gasteiger partial charge in [0.25, 0.3) is 0 Å². The lowest BCUT2D eigenvalue weighted by Gasteiger charge is -2.04. The normalized spacial score (nSPS) is 18.1. The molecule has 1 atom stereocenters. The standard InChI is InChI=1S/C12H12N6O/c1-6-14-11-8(4-13-16-11)12(15-6)18-5-7-2-3-9(19)10(7)17-18/h4-5,9,19H,2-3H2,1H3,(H,13,14,15,16). The van der Waals surface area contributed by atoms with E-state index in [1.54, 1.807) is 10.9 Å². The lowest BCUT2D eigenvalue weighted by Crippen LogP contribution is -2.04. The van der Waals surface area contributed by atoms with Crippen LogP contribution in [0.3, 0.4) is 0 Å². The lowest BCUT2D eigenvalue weighted by molar-refractivity contribution is 0.174. The van der Waals surface area contributed by atoms with E-state index in [9.17, 15) is 5.11 Å². The molecule has 0 radical (unpaired) electrons. The van der Waals surface area contributed by atoms with Crippen LogP contribution in [0.15, 0.2) is 12.4 Å². The Morgan fingerprint density at radius 1 is 1.42 bits per heavy atom. The van der Waals surface area contributed by atoms with Gasteiger partial charge in [0, 0.05) is 6.20 Å². The summed E-state index contributed by atoms with van der Waals surface area (Å²) in [7, 11) is 0. The van der Waals surface area contributed by atoms with Crippen LogP contribution in [0.4, 0.5) is 0 Å². The molecule has 0 amide bonds. The highest BCUT2D eigenvalue weighted by Gasteiger charge is 2.25. The molecule has 4 rings (SSSR count). The number of aliphatic hydroxyl groups excluding tert-OH is 1. The molecule has 0 fully saturated rings. The number of nitrogens with zero attached hydrogens (tertiary/aromatic N) is 5. The predicted octanol–water partition coefficient (Wildman–Crippen LogP) is 0.827. The van der Waals surface area contributed by atoms with Crippen LogP contribution < -0.4 is 0 Å². The molecule has 3 heterocycles. The lowest BCUT2D eigenvalue weighted by atomic mass is 10.3. The van der Waals surface area contributed by atoms with Crippen LogP contribution in [0, 0.1) is 6.92 Å². The molecule has 0 saturated carbocycles. The van der Waals surface area contributed by atoms with Gasteiger partial charge in [-0.15, -0.1) is 0 Å². The number of hydrogen-bond acceptors (Lipinski definition) is 5. The fourth-order valence-corrected chi connectivity index (χ4v) is 2.54. The van der Waals surface area contributed by atoms with Gasteiger partial charge >= 0.3 is 0 Å². The second-order valence-electron chi connectivity index (χ2n) is 4.77. The molecule has 7 heteroatoms. The number of aliphatic hydroxyl groups is 1. The SMILES string of the molecule is Cc1nc(-n2cc3c(n2)C(O)CC3)c2cn[nH]c2n1. The molecule has 0 spiro atoms. The molecule has 3 aromatic rings. The number of aromatic amines is 1. The fraction of sp³-hybridized carbons (Fsp3) is 0.333. The van der Waals surface area contributed by atoms with Gasteiger partial charge in [-0.05, 0) is 25.3 Å². The first-order chi connectivity index (χ1) is 9.22. The molecule has 0 saturated heterocycles. The van der Waals surface area contributed by atoms with Crippen LogP contribution in [-0.2, 0) is 6.42 Å². The molecule has 19 heavy (non-hydrogen) atoms. The average molecular weight is 256 g/mol. The Bertz CT molecular complexity index is 774. The molecule has 96 valence electrons. The molecule has 2 N–H and O–H groups in total. The Balaban J connectivity index is 1.95. The molecular formula is C12H12N6O.